The minimum absolute atomic E-state index is 0.0348. The Kier molecular flexibility index (Phi) is 3.32. The molecule has 0 radical (unpaired) electrons. The normalized spacial score (nSPS) is 12.9. The fraction of sp³-hybridized carbons (Fsp3) is 0.571. The predicted octanol–water partition coefficient (Wildman–Crippen LogP) is 3.95. The lowest BCUT2D eigenvalue weighted by Crippen LogP contribution is -2.18. The van der Waals surface area contributed by atoms with Crippen molar-refractivity contribution in [1.29, 1.82) is 0 Å². The standard InChI is InChI=1S/C14H20N2OS/c1-13(2,3)12-16-7-10(17-12)6-14(4,5)11-8-15-9-18-11/h7-9H,6H2,1-5H3. The summed E-state index contributed by atoms with van der Waals surface area (Å²) in [7, 11) is 0. The Bertz CT molecular complexity index is 506. The molecule has 0 aliphatic rings. The molecule has 98 valence electrons. The van der Waals surface area contributed by atoms with Gasteiger partial charge in [0.2, 0.25) is 0 Å². The van der Waals surface area contributed by atoms with Gasteiger partial charge in [0.25, 0.3) is 0 Å². The summed E-state index contributed by atoms with van der Waals surface area (Å²) in [6.07, 6.45) is 4.63. The first-order valence-corrected chi connectivity index (χ1v) is 7.01. The molecule has 0 unspecified atom stereocenters. The summed E-state index contributed by atoms with van der Waals surface area (Å²) in [6, 6.07) is 0. The molecule has 0 aliphatic carbocycles. The highest BCUT2D eigenvalue weighted by Gasteiger charge is 2.26. The zero-order valence-electron chi connectivity index (χ0n) is 11.7. The molecule has 0 aromatic carbocycles. The molecule has 0 saturated heterocycles. The summed E-state index contributed by atoms with van der Waals surface area (Å²) < 4.78 is 5.86. The number of hydrogen-bond acceptors (Lipinski definition) is 4. The van der Waals surface area contributed by atoms with Gasteiger partial charge in [0.1, 0.15) is 5.76 Å². The van der Waals surface area contributed by atoms with E-state index in [0.29, 0.717) is 0 Å². The molecule has 0 atom stereocenters. The van der Waals surface area contributed by atoms with Crippen LogP contribution in [-0.4, -0.2) is 9.97 Å². The van der Waals surface area contributed by atoms with Crippen LogP contribution in [0, 0.1) is 0 Å². The SMILES string of the molecule is CC(C)(C)c1ncc(CC(C)(C)c2cncs2)o1. The molecule has 18 heavy (non-hydrogen) atoms. The molecule has 0 spiro atoms. The Labute approximate surface area is 112 Å². The molecular formula is C14H20N2OS. The summed E-state index contributed by atoms with van der Waals surface area (Å²) in [5.41, 5.74) is 1.88. The minimum Gasteiger partial charge on any atom is -0.445 e. The van der Waals surface area contributed by atoms with Gasteiger partial charge in [-0.2, -0.15) is 0 Å². The summed E-state index contributed by atoms with van der Waals surface area (Å²) in [5.74, 6) is 1.75. The smallest absolute Gasteiger partial charge is 0.199 e. The zero-order valence-corrected chi connectivity index (χ0v) is 12.5. The van der Waals surface area contributed by atoms with E-state index in [2.05, 4.69) is 44.6 Å². The van der Waals surface area contributed by atoms with Crippen molar-refractivity contribution in [2.45, 2.75) is 51.9 Å². The lowest BCUT2D eigenvalue weighted by molar-refractivity contribution is 0.354. The van der Waals surface area contributed by atoms with E-state index in [1.54, 1.807) is 11.3 Å². The van der Waals surface area contributed by atoms with E-state index in [-0.39, 0.29) is 10.8 Å². The maximum absolute atomic E-state index is 5.86. The van der Waals surface area contributed by atoms with E-state index < -0.39 is 0 Å². The summed E-state index contributed by atoms with van der Waals surface area (Å²) in [6.45, 7) is 10.7. The summed E-state index contributed by atoms with van der Waals surface area (Å²) in [5, 5.41) is 0. The van der Waals surface area contributed by atoms with Gasteiger partial charge in [0.05, 0.1) is 11.7 Å². The molecule has 0 aliphatic heterocycles. The molecule has 3 nitrogen and oxygen atoms in total. The second-order valence-electron chi connectivity index (χ2n) is 6.31. The van der Waals surface area contributed by atoms with Crippen molar-refractivity contribution in [3.63, 3.8) is 0 Å². The van der Waals surface area contributed by atoms with Crippen molar-refractivity contribution in [1.82, 2.24) is 9.97 Å². The molecule has 4 heteroatoms. The zero-order chi connectivity index (χ0) is 13.4. The largest absolute Gasteiger partial charge is 0.445 e. The topological polar surface area (TPSA) is 38.9 Å². The average molecular weight is 264 g/mol. The Morgan fingerprint density at radius 1 is 1.17 bits per heavy atom. The molecule has 0 fully saturated rings. The molecule has 0 N–H and O–H groups in total. The summed E-state index contributed by atoms with van der Waals surface area (Å²) in [4.78, 5) is 9.80. The van der Waals surface area contributed by atoms with Crippen LogP contribution in [0.4, 0.5) is 0 Å². The van der Waals surface area contributed by atoms with Crippen LogP contribution in [0.3, 0.4) is 0 Å². The van der Waals surface area contributed by atoms with E-state index in [9.17, 15) is 0 Å². The van der Waals surface area contributed by atoms with Crippen LogP contribution in [0.2, 0.25) is 0 Å². The maximum Gasteiger partial charge on any atom is 0.199 e. The van der Waals surface area contributed by atoms with Crippen LogP contribution >= 0.6 is 11.3 Å². The fourth-order valence-electron chi connectivity index (χ4n) is 1.81. The first kappa shape index (κ1) is 13.3. The van der Waals surface area contributed by atoms with Crippen molar-refractivity contribution in [2.24, 2.45) is 0 Å². The van der Waals surface area contributed by atoms with Crippen molar-refractivity contribution in [3.05, 3.63) is 34.4 Å². The lowest BCUT2D eigenvalue weighted by atomic mass is 9.87. The van der Waals surface area contributed by atoms with Crippen molar-refractivity contribution in [3.8, 4) is 0 Å². The third kappa shape index (κ3) is 2.80. The minimum atomic E-state index is -0.0348. The van der Waals surface area contributed by atoms with Crippen LogP contribution < -0.4 is 0 Å². The van der Waals surface area contributed by atoms with Crippen molar-refractivity contribution >= 4 is 11.3 Å². The summed E-state index contributed by atoms with van der Waals surface area (Å²) >= 11 is 1.69. The highest BCUT2D eigenvalue weighted by molar-refractivity contribution is 7.09. The Morgan fingerprint density at radius 3 is 2.39 bits per heavy atom. The van der Waals surface area contributed by atoms with Crippen LogP contribution in [0.15, 0.2) is 22.3 Å². The van der Waals surface area contributed by atoms with E-state index in [0.717, 1.165) is 18.1 Å². The molecule has 0 saturated carbocycles. The van der Waals surface area contributed by atoms with E-state index in [1.165, 1.54) is 4.88 Å². The number of aromatic nitrogens is 2. The lowest BCUT2D eigenvalue weighted by Gasteiger charge is -2.21. The van der Waals surface area contributed by atoms with Gasteiger partial charge in [0, 0.05) is 28.3 Å². The van der Waals surface area contributed by atoms with Gasteiger partial charge in [-0.05, 0) is 0 Å². The van der Waals surface area contributed by atoms with E-state index in [1.807, 2.05) is 17.9 Å². The second-order valence-corrected chi connectivity index (χ2v) is 7.19. The van der Waals surface area contributed by atoms with Crippen molar-refractivity contribution < 1.29 is 4.42 Å². The van der Waals surface area contributed by atoms with Gasteiger partial charge in [-0.3, -0.25) is 4.98 Å². The maximum atomic E-state index is 5.86. The molecule has 2 heterocycles. The molecular weight excluding hydrogens is 244 g/mol. The van der Waals surface area contributed by atoms with E-state index in [4.69, 9.17) is 4.42 Å². The third-order valence-corrected chi connectivity index (χ3v) is 4.05. The van der Waals surface area contributed by atoms with Gasteiger partial charge in [-0.15, -0.1) is 11.3 Å². The molecule has 0 amide bonds. The quantitative estimate of drug-likeness (QED) is 0.842. The first-order chi connectivity index (χ1) is 8.29. The number of rotatable bonds is 3. The number of hydrogen-bond donors (Lipinski definition) is 0. The Hall–Kier alpha value is -1.16. The monoisotopic (exact) mass is 264 g/mol. The van der Waals surface area contributed by atoms with Crippen LogP contribution in [-0.2, 0) is 17.3 Å². The van der Waals surface area contributed by atoms with Gasteiger partial charge in [-0.1, -0.05) is 34.6 Å². The number of oxazole rings is 1. The molecule has 0 bridgehead atoms. The van der Waals surface area contributed by atoms with Gasteiger partial charge >= 0.3 is 0 Å². The first-order valence-electron chi connectivity index (χ1n) is 6.13. The predicted molar refractivity (Wildman–Crippen MR) is 74.0 cm³/mol. The van der Waals surface area contributed by atoms with Gasteiger partial charge in [-0.25, -0.2) is 4.98 Å². The van der Waals surface area contributed by atoms with Gasteiger partial charge < -0.3 is 4.42 Å². The fourth-order valence-corrected chi connectivity index (χ4v) is 2.56. The Balaban J connectivity index is 2.17. The van der Waals surface area contributed by atoms with Crippen LogP contribution in [0.1, 0.15) is 51.1 Å². The third-order valence-electron chi connectivity index (χ3n) is 2.91. The van der Waals surface area contributed by atoms with Crippen molar-refractivity contribution in [2.75, 3.05) is 0 Å². The average Bonchev–Trinajstić information content (AvgIpc) is 2.83. The molecule has 2 aromatic rings. The molecule has 2 rings (SSSR count). The van der Waals surface area contributed by atoms with Crippen LogP contribution in [0.25, 0.3) is 0 Å². The molecule has 2 aromatic heterocycles. The highest BCUT2D eigenvalue weighted by Crippen LogP contribution is 2.31. The van der Waals surface area contributed by atoms with Crippen LogP contribution in [0.5, 0.6) is 0 Å². The highest BCUT2D eigenvalue weighted by atomic mass is 32.1. The van der Waals surface area contributed by atoms with Gasteiger partial charge in [0.15, 0.2) is 5.89 Å². The second kappa shape index (κ2) is 4.50. The Morgan fingerprint density at radius 2 is 1.89 bits per heavy atom. The number of nitrogens with zero attached hydrogens (tertiary/aromatic N) is 2. The van der Waals surface area contributed by atoms with E-state index >= 15 is 0 Å². The number of thiazole rings is 1.